The summed E-state index contributed by atoms with van der Waals surface area (Å²) in [4.78, 5) is 26.3. The molecular weight excluding hydrogens is 232 g/mol. The summed E-state index contributed by atoms with van der Waals surface area (Å²) >= 11 is 0. The second-order valence-corrected chi connectivity index (χ2v) is 4.76. The van der Waals surface area contributed by atoms with Gasteiger partial charge in [-0.25, -0.2) is 4.79 Å². The van der Waals surface area contributed by atoms with Crippen LogP contribution >= 0.6 is 0 Å². The second-order valence-electron chi connectivity index (χ2n) is 4.76. The molecule has 0 rings (SSSR count). The Balaban J connectivity index is 4.64. The van der Waals surface area contributed by atoms with Gasteiger partial charge in [0.1, 0.15) is 0 Å². The molecule has 5 nitrogen and oxygen atoms in total. The van der Waals surface area contributed by atoms with Crippen LogP contribution in [0.1, 0.15) is 47.0 Å². The lowest BCUT2D eigenvalue weighted by molar-refractivity contribution is -0.138. The molecule has 0 aromatic carbocycles. The Kier molecular flexibility index (Phi) is 7.39. The minimum atomic E-state index is -0.877. The Bertz CT molecular complexity index is 281. The maximum absolute atomic E-state index is 12.3. The van der Waals surface area contributed by atoms with Crippen LogP contribution < -0.4 is 0 Å². The SMILES string of the molecule is CCCC(C)N(C)C(=O)N(CC)C(C)CC(=O)O. The van der Waals surface area contributed by atoms with E-state index in [2.05, 4.69) is 6.92 Å². The third-order valence-corrected chi connectivity index (χ3v) is 3.26. The highest BCUT2D eigenvalue weighted by Gasteiger charge is 2.25. The standard InChI is InChI=1S/C13H26N2O3/c1-6-8-10(3)14(5)13(18)15(7-2)11(4)9-12(16)17/h10-11H,6-9H2,1-5H3,(H,16,17). The first-order valence-corrected chi connectivity index (χ1v) is 6.60. The van der Waals surface area contributed by atoms with Gasteiger partial charge in [-0.1, -0.05) is 13.3 Å². The van der Waals surface area contributed by atoms with Crippen molar-refractivity contribution in [2.45, 2.75) is 59.0 Å². The van der Waals surface area contributed by atoms with Gasteiger partial charge in [-0.05, 0) is 27.2 Å². The van der Waals surface area contributed by atoms with E-state index in [1.807, 2.05) is 13.8 Å². The van der Waals surface area contributed by atoms with Gasteiger partial charge >= 0.3 is 12.0 Å². The fourth-order valence-electron chi connectivity index (χ4n) is 2.00. The number of hydrogen-bond donors (Lipinski definition) is 1. The molecule has 0 aliphatic heterocycles. The van der Waals surface area contributed by atoms with Crippen molar-refractivity contribution in [1.82, 2.24) is 9.80 Å². The number of amides is 2. The van der Waals surface area contributed by atoms with Crippen LogP contribution in [-0.4, -0.2) is 52.6 Å². The van der Waals surface area contributed by atoms with E-state index < -0.39 is 5.97 Å². The van der Waals surface area contributed by atoms with Gasteiger partial charge in [0.2, 0.25) is 0 Å². The summed E-state index contributed by atoms with van der Waals surface area (Å²) in [7, 11) is 1.78. The summed E-state index contributed by atoms with van der Waals surface area (Å²) in [5.74, 6) is -0.877. The van der Waals surface area contributed by atoms with Crippen molar-refractivity contribution in [3.05, 3.63) is 0 Å². The minimum Gasteiger partial charge on any atom is -0.481 e. The molecular formula is C13H26N2O3. The zero-order valence-electron chi connectivity index (χ0n) is 12.1. The molecule has 0 aliphatic rings. The fraction of sp³-hybridized carbons (Fsp3) is 0.846. The molecule has 0 bridgehead atoms. The number of hydrogen-bond acceptors (Lipinski definition) is 2. The monoisotopic (exact) mass is 258 g/mol. The molecule has 0 saturated carbocycles. The zero-order chi connectivity index (χ0) is 14.3. The topological polar surface area (TPSA) is 60.9 Å². The first-order chi connectivity index (χ1) is 8.34. The van der Waals surface area contributed by atoms with Crippen molar-refractivity contribution in [1.29, 1.82) is 0 Å². The first kappa shape index (κ1) is 16.7. The van der Waals surface area contributed by atoms with Crippen molar-refractivity contribution in [3.8, 4) is 0 Å². The third kappa shape index (κ3) is 4.94. The van der Waals surface area contributed by atoms with Gasteiger partial charge in [-0.3, -0.25) is 4.79 Å². The molecule has 1 N–H and O–H groups in total. The van der Waals surface area contributed by atoms with Gasteiger partial charge in [0.25, 0.3) is 0 Å². The van der Waals surface area contributed by atoms with Crippen LogP contribution in [0.4, 0.5) is 4.79 Å². The molecule has 18 heavy (non-hydrogen) atoms. The van der Waals surface area contributed by atoms with Gasteiger partial charge in [-0.2, -0.15) is 0 Å². The summed E-state index contributed by atoms with van der Waals surface area (Å²) in [5, 5.41) is 8.79. The van der Waals surface area contributed by atoms with Crippen LogP contribution in [0.3, 0.4) is 0 Å². The number of urea groups is 1. The Morgan fingerprint density at radius 1 is 1.17 bits per heavy atom. The van der Waals surface area contributed by atoms with E-state index in [1.165, 1.54) is 0 Å². The van der Waals surface area contributed by atoms with Gasteiger partial charge in [-0.15, -0.1) is 0 Å². The predicted molar refractivity (Wildman–Crippen MR) is 71.6 cm³/mol. The van der Waals surface area contributed by atoms with Crippen molar-refractivity contribution in [2.75, 3.05) is 13.6 Å². The van der Waals surface area contributed by atoms with Gasteiger partial charge < -0.3 is 14.9 Å². The van der Waals surface area contributed by atoms with Gasteiger partial charge in [0.15, 0.2) is 0 Å². The zero-order valence-corrected chi connectivity index (χ0v) is 12.1. The highest BCUT2D eigenvalue weighted by molar-refractivity contribution is 5.76. The molecule has 0 aromatic heterocycles. The van der Waals surface area contributed by atoms with E-state index in [1.54, 1.807) is 23.8 Å². The molecule has 2 unspecified atom stereocenters. The summed E-state index contributed by atoms with van der Waals surface area (Å²) in [6, 6.07) is -0.197. The summed E-state index contributed by atoms with van der Waals surface area (Å²) in [6.07, 6.45) is 1.96. The lowest BCUT2D eigenvalue weighted by Gasteiger charge is -2.34. The molecule has 0 fully saturated rings. The van der Waals surface area contributed by atoms with E-state index in [9.17, 15) is 9.59 Å². The van der Waals surface area contributed by atoms with E-state index >= 15 is 0 Å². The average molecular weight is 258 g/mol. The number of aliphatic carboxylic acids is 1. The van der Waals surface area contributed by atoms with Crippen molar-refractivity contribution in [2.24, 2.45) is 0 Å². The molecule has 0 heterocycles. The summed E-state index contributed by atoms with van der Waals surface area (Å²) in [5.41, 5.74) is 0. The summed E-state index contributed by atoms with van der Waals surface area (Å²) in [6.45, 7) is 8.26. The van der Waals surface area contributed by atoms with E-state index in [0.29, 0.717) is 6.54 Å². The van der Waals surface area contributed by atoms with Crippen LogP contribution in [0, 0.1) is 0 Å². The van der Waals surface area contributed by atoms with Crippen LogP contribution in [0.5, 0.6) is 0 Å². The van der Waals surface area contributed by atoms with Crippen LogP contribution in [-0.2, 0) is 4.79 Å². The molecule has 0 saturated heterocycles. The summed E-state index contributed by atoms with van der Waals surface area (Å²) < 4.78 is 0. The number of carbonyl (C=O) groups excluding carboxylic acids is 1. The van der Waals surface area contributed by atoms with Crippen molar-refractivity contribution < 1.29 is 14.7 Å². The van der Waals surface area contributed by atoms with Crippen molar-refractivity contribution in [3.63, 3.8) is 0 Å². The number of carboxylic acid groups (broad SMARTS) is 1. The smallest absolute Gasteiger partial charge is 0.320 e. The quantitative estimate of drug-likeness (QED) is 0.762. The van der Waals surface area contributed by atoms with Gasteiger partial charge in [0, 0.05) is 25.7 Å². The van der Waals surface area contributed by atoms with Crippen LogP contribution in [0.25, 0.3) is 0 Å². The molecule has 0 aliphatic carbocycles. The Labute approximate surface area is 110 Å². The second kappa shape index (κ2) is 7.95. The number of rotatable bonds is 7. The number of nitrogens with zero attached hydrogens (tertiary/aromatic N) is 2. The molecule has 2 amide bonds. The molecule has 106 valence electrons. The molecule has 2 atom stereocenters. The van der Waals surface area contributed by atoms with Crippen LogP contribution in [0.2, 0.25) is 0 Å². The predicted octanol–water partition coefficient (Wildman–Crippen LogP) is 2.41. The van der Waals surface area contributed by atoms with Gasteiger partial charge in [0.05, 0.1) is 6.42 Å². The third-order valence-electron chi connectivity index (χ3n) is 3.26. The Morgan fingerprint density at radius 2 is 1.72 bits per heavy atom. The van der Waals surface area contributed by atoms with Crippen LogP contribution in [0.15, 0.2) is 0 Å². The lowest BCUT2D eigenvalue weighted by atomic mass is 10.1. The number of carbonyl (C=O) groups is 2. The first-order valence-electron chi connectivity index (χ1n) is 6.60. The Hall–Kier alpha value is -1.26. The average Bonchev–Trinajstić information content (AvgIpc) is 2.28. The minimum absolute atomic E-state index is 0.0183. The number of carboxylic acids is 1. The maximum Gasteiger partial charge on any atom is 0.320 e. The lowest BCUT2D eigenvalue weighted by Crippen LogP contribution is -2.49. The maximum atomic E-state index is 12.3. The molecule has 0 aromatic rings. The normalized spacial score (nSPS) is 13.8. The largest absolute Gasteiger partial charge is 0.481 e. The highest BCUT2D eigenvalue weighted by atomic mass is 16.4. The van der Waals surface area contributed by atoms with E-state index in [4.69, 9.17) is 5.11 Å². The molecule has 0 spiro atoms. The fourth-order valence-corrected chi connectivity index (χ4v) is 2.00. The molecule has 5 heteroatoms. The highest BCUT2D eigenvalue weighted by Crippen LogP contribution is 2.11. The van der Waals surface area contributed by atoms with Crippen molar-refractivity contribution >= 4 is 12.0 Å². The van der Waals surface area contributed by atoms with E-state index in [0.717, 1.165) is 12.8 Å². The molecule has 0 radical (unpaired) electrons. The van der Waals surface area contributed by atoms with E-state index in [-0.39, 0.29) is 24.5 Å². The Morgan fingerprint density at radius 3 is 2.11 bits per heavy atom.